The van der Waals surface area contributed by atoms with Gasteiger partial charge in [-0.25, -0.2) is 13.1 Å². The Morgan fingerprint density at radius 1 is 1.08 bits per heavy atom. The van der Waals surface area contributed by atoms with E-state index < -0.39 is 10.0 Å². The van der Waals surface area contributed by atoms with E-state index in [9.17, 15) is 13.2 Å². The molecule has 3 rings (SSSR count). The predicted octanol–water partition coefficient (Wildman–Crippen LogP) is 1.57. The van der Waals surface area contributed by atoms with Crippen molar-refractivity contribution in [1.29, 1.82) is 0 Å². The molecule has 0 saturated heterocycles. The van der Waals surface area contributed by atoms with Crippen molar-refractivity contribution in [1.82, 2.24) is 10.0 Å². The van der Waals surface area contributed by atoms with Gasteiger partial charge in [0.1, 0.15) is 5.75 Å². The van der Waals surface area contributed by atoms with Gasteiger partial charge in [0.25, 0.3) is 5.91 Å². The van der Waals surface area contributed by atoms with Gasteiger partial charge in [-0.1, -0.05) is 24.3 Å². The van der Waals surface area contributed by atoms with Crippen molar-refractivity contribution < 1.29 is 17.9 Å². The first-order chi connectivity index (χ1) is 11.9. The zero-order valence-electron chi connectivity index (χ0n) is 13.9. The van der Waals surface area contributed by atoms with Crippen LogP contribution in [-0.4, -0.2) is 40.3 Å². The summed E-state index contributed by atoms with van der Waals surface area (Å²) < 4.78 is 29.8. The molecular weight excluding hydrogens is 340 g/mol. The van der Waals surface area contributed by atoms with Crippen LogP contribution in [0.1, 0.15) is 15.9 Å². The van der Waals surface area contributed by atoms with Crippen molar-refractivity contribution in [2.75, 3.05) is 26.0 Å². The number of rotatable bonds is 6. The zero-order valence-corrected chi connectivity index (χ0v) is 14.7. The molecule has 0 aliphatic carbocycles. The Morgan fingerprint density at radius 2 is 1.80 bits per heavy atom. The summed E-state index contributed by atoms with van der Waals surface area (Å²) in [6, 6.07) is 13.4. The van der Waals surface area contributed by atoms with E-state index in [0.29, 0.717) is 5.56 Å². The van der Waals surface area contributed by atoms with Crippen LogP contribution in [0.15, 0.2) is 42.5 Å². The van der Waals surface area contributed by atoms with Gasteiger partial charge in [0.2, 0.25) is 10.0 Å². The fraction of sp³-hybridized carbons (Fsp3) is 0.278. The van der Waals surface area contributed by atoms with Gasteiger partial charge in [-0.15, -0.1) is 0 Å². The number of nitrogens with one attached hydrogen (secondary N) is 2. The maximum Gasteiger partial charge on any atom is 0.251 e. The molecule has 2 N–H and O–H groups in total. The molecule has 0 spiro atoms. The Labute approximate surface area is 147 Å². The largest absolute Gasteiger partial charge is 0.493 e. The third-order valence-corrected chi connectivity index (χ3v) is 4.68. The summed E-state index contributed by atoms with van der Waals surface area (Å²) in [5.74, 6) is 0.692. The number of hydrogen-bond donors (Lipinski definition) is 2. The molecular formula is C18H20N2O4S. The van der Waals surface area contributed by atoms with E-state index in [0.717, 1.165) is 36.2 Å². The fourth-order valence-electron chi connectivity index (χ4n) is 2.67. The highest BCUT2D eigenvalue weighted by Gasteiger charge is 2.13. The summed E-state index contributed by atoms with van der Waals surface area (Å²) in [4.78, 5) is 12.1. The number of carbonyl (C=O) groups is 1. The Bertz CT molecular complexity index is 876. The van der Waals surface area contributed by atoms with Crippen LogP contribution in [0.5, 0.6) is 5.75 Å². The summed E-state index contributed by atoms with van der Waals surface area (Å²) in [6.07, 6.45) is 2.03. The molecule has 0 unspecified atom stereocenters. The zero-order chi connectivity index (χ0) is 17.9. The molecule has 0 aromatic heterocycles. The quantitative estimate of drug-likeness (QED) is 0.766. The van der Waals surface area contributed by atoms with Crippen molar-refractivity contribution in [3.63, 3.8) is 0 Å². The van der Waals surface area contributed by atoms with Gasteiger partial charge in [0.05, 0.1) is 12.9 Å². The molecule has 2 aromatic carbocycles. The third kappa shape index (κ3) is 4.58. The highest BCUT2D eigenvalue weighted by atomic mass is 32.2. The molecule has 1 aliphatic rings. The fourth-order valence-corrected chi connectivity index (χ4v) is 3.15. The molecule has 0 atom stereocenters. The standard InChI is InChI=1S/C18H20N2O4S/c1-25(22,23)20-10-9-19-18(21)15-5-2-13(3-6-15)16-7-4-14-8-11-24-17(14)12-16/h2-7,12,20H,8-11H2,1H3,(H,19,21). The molecule has 6 nitrogen and oxygen atoms in total. The summed E-state index contributed by atoms with van der Waals surface area (Å²) >= 11 is 0. The van der Waals surface area contributed by atoms with Crippen LogP contribution in [0.4, 0.5) is 0 Å². The monoisotopic (exact) mass is 360 g/mol. The number of amides is 1. The van der Waals surface area contributed by atoms with Crippen LogP contribution < -0.4 is 14.8 Å². The second kappa shape index (κ2) is 7.25. The van der Waals surface area contributed by atoms with Gasteiger partial charge in [-0.2, -0.15) is 0 Å². The molecule has 2 aromatic rings. The van der Waals surface area contributed by atoms with Crippen LogP contribution in [0, 0.1) is 0 Å². The van der Waals surface area contributed by atoms with Gasteiger partial charge in [-0.3, -0.25) is 4.79 Å². The van der Waals surface area contributed by atoms with Crippen LogP contribution in [0.2, 0.25) is 0 Å². The number of fused-ring (bicyclic) bond motifs is 1. The van der Waals surface area contributed by atoms with Crippen molar-refractivity contribution in [2.45, 2.75) is 6.42 Å². The lowest BCUT2D eigenvalue weighted by atomic mass is 10.0. The Balaban J connectivity index is 1.61. The molecule has 7 heteroatoms. The summed E-state index contributed by atoms with van der Waals surface area (Å²) in [6.45, 7) is 1.12. The molecule has 1 amide bonds. The number of hydrogen-bond acceptors (Lipinski definition) is 4. The van der Waals surface area contributed by atoms with Gasteiger partial charge >= 0.3 is 0 Å². The van der Waals surface area contributed by atoms with E-state index in [4.69, 9.17) is 4.74 Å². The molecule has 0 radical (unpaired) electrons. The SMILES string of the molecule is CS(=O)(=O)NCCNC(=O)c1ccc(-c2ccc3c(c2)OCC3)cc1. The minimum absolute atomic E-state index is 0.164. The number of benzene rings is 2. The highest BCUT2D eigenvalue weighted by Crippen LogP contribution is 2.31. The van der Waals surface area contributed by atoms with Crippen LogP contribution in [0.3, 0.4) is 0 Å². The van der Waals surface area contributed by atoms with Crippen molar-refractivity contribution in [3.05, 3.63) is 53.6 Å². The van der Waals surface area contributed by atoms with Crippen molar-refractivity contribution in [3.8, 4) is 16.9 Å². The van der Waals surface area contributed by atoms with Crippen molar-refractivity contribution >= 4 is 15.9 Å². The van der Waals surface area contributed by atoms with Gasteiger partial charge in [0, 0.05) is 25.1 Å². The second-order valence-electron chi connectivity index (χ2n) is 5.92. The Kier molecular flexibility index (Phi) is 5.06. The predicted molar refractivity (Wildman–Crippen MR) is 96.3 cm³/mol. The summed E-state index contributed by atoms with van der Waals surface area (Å²) in [5.41, 5.74) is 3.81. The van der Waals surface area contributed by atoms with E-state index in [1.54, 1.807) is 12.1 Å². The average Bonchev–Trinajstić information content (AvgIpc) is 3.05. The van der Waals surface area contributed by atoms with Gasteiger partial charge in [-0.05, 0) is 34.9 Å². The first-order valence-electron chi connectivity index (χ1n) is 8.01. The van der Waals surface area contributed by atoms with E-state index in [1.807, 2.05) is 18.2 Å². The maximum absolute atomic E-state index is 12.1. The van der Waals surface area contributed by atoms with E-state index in [-0.39, 0.29) is 19.0 Å². The third-order valence-electron chi connectivity index (χ3n) is 3.95. The molecule has 1 heterocycles. The first-order valence-corrected chi connectivity index (χ1v) is 9.90. The van der Waals surface area contributed by atoms with Crippen LogP contribution in [-0.2, 0) is 16.4 Å². The lowest BCUT2D eigenvalue weighted by Gasteiger charge is -2.08. The second-order valence-corrected chi connectivity index (χ2v) is 7.75. The molecule has 1 aliphatic heterocycles. The normalized spacial score (nSPS) is 13.2. The van der Waals surface area contributed by atoms with Crippen LogP contribution in [0.25, 0.3) is 11.1 Å². The molecule has 132 valence electrons. The minimum Gasteiger partial charge on any atom is -0.493 e. The lowest BCUT2D eigenvalue weighted by Crippen LogP contribution is -2.34. The number of carbonyl (C=O) groups excluding carboxylic acids is 1. The van der Waals surface area contributed by atoms with E-state index >= 15 is 0 Å². The highest BCUT2D eigenvalue weighted by molar-refractivity contribution is 7.88. The molecule has 0 bridgehead atoms. The smallest absolute Gasteiger partial charge is 0.251 e. The molecule has 25 heavy (non-hydrogen) atoms. The van der Waals surface area contributed by atoms with Gasteiger partial charge in [0.15, 0.2) is 0 Å². The molecule has 0 saturated carbocycles. The number of sulfonamides is 1. The van der Waals surface area contributed by atoms with E-state index in [1.165, 1.54) is 5.56 Å². The maximum atomic E-state index is 12.1. The summed E-state index contributed by atoms with van der Waals surface area (Å²) in [7, 11) is -3.24. The number of ether oxygens (including phenoxy) is 1. The van der Waals surface area contributed by atoms with Crippen LogP contribution >= 0.6 is 0 Å². The van der Waals surface area contributed by atoms with E-state index in [2.05, 4.69) is 22.2 Å². The molecule has 0 fully saturated rings. The lowest BCUT2D eigenvalue weighted by molar-refractivity contribution is 0.0954. The van der Waals surface area contributed by atoms with Crippen molar-refractivity contribution in [2.24, 2.45) is 0 Å². The average molecular weight is 360 g/mol. The Morgan fingerprint density at radius 3 is 2.52 bits per heavy atom. The topological polar surface area (TPSA) is 84.5 Å². The minimum atomic E-state index is -3.24. The summed E-state index contributed by atoms with van der Waals surface area (Å²) in [5, 5.41) is 2.68. The Hall–Kier alpha value is -2.38. The van der Waals surface area contributed by atoms with Gasteiger partial charge < -0.3 is 10.1 Å². The first kappa shape index (κ1) is 17.4.